The normalized spacial score (nSPS) is 10.6. The molecule has 1 aromatic carbocycles. The van der Waals surface area contributed by atoms with Crippen LogP contribution < -0.4 is 10.6 Å². The number of aliphatic hydroxyl groups excluding tert-OH is 1. The number of urea groups is 1. The van der Waals surface area contributed by atoms with Gasteiger partial charge in [-0.3, -0.25) is 0 Å². The molecule has 19 heavy (non-hydrogen) atoms. The predicted octanol–water partition coefficient (Wildman–Crippen LogP) is 0.693. The van der Waals surface area contributed by atoms with E-state index in [1.807, 2.05) is 12.1 Å². The lowest BCUT2D eigenvalue weighted by molar-refractivity contribution is 0.0950. The number of aromatic nitrogens is 2. The molecule has 7 nitrogen and oxygen atoms in total. The van der Waals surface area contributed by atoms with Crippen molar-refractivity contribution >= 4 is 22.8 Å². The Bertz CT molecular complexity index is 541. The highest BCUT2D eigenvalue weighted by Crippen LogP contribution is 2.15. The topological polar surface area (TPSA) is 99.3 Å². The van der Waals surface area contributed by atoms with Gasteiger partial charge in [-0.15, -0.1) is 0 Å². The first-order chi connectivity index (χ1) is 9.29. The number of hydrogen-bond acceptors (Lipinski definition) is 4. The summed E-state index contributed by atoms with van der Waals surface area (Å²) in [4.78, 5) is 18.6. The summed E-state index contributed by atoms with van der Waals surface area (Å²) in [6.07, 6.45) is 1.60. The third-order valence-electron chi connectivity index (χ3n) is 2.45. The summed E-state index contributed by atoms with van der Waals surface area (Å²) in [5, 5.41) is 13.9. The van der Waals surface area contributed by atoms with E-state index in [0.717, 1.165) is 11.0 Å². The second kappa shape index (κ2) is 6.72. The van der Waals surface area contributed by atoms with Gasteiger partial charge in [0, 0.05) is 12.2 Å². The third-order valence-corrected chi connectivity index (χ3v) is 2.45. The van der Waals surface area contributed by atoms with Crippen LogP contribution in [0.15, 0.2) is 24.5 Å². The van der Waals surface area contributed by atoms with Gasteiger partial charge < -0.3 is 25.5 Å². The van der Waals surface area contributed by atoms with Crippen molar-refractivity contribution in [1.82, 2.24) is 15.3 Å². The van der Waals surface area contributed by atoms with Crippen molar-refractivity contribution in [3.63, 3.8) is 0 Å². The maximum Gasteiger partial charge on any atom is 0.319 e. The van der Waals surface area contributed by atoms with Crippen LogP contribution in [0, 0.1) is 0 Å². The molecular formula is C12H16N4O3. The number of nitrogens with zero attached hydrogens (tertiary/aromatic N) is 1. The van der Waals surface area contributed by atoms with Crippen molar-refractivity contribution in [2.75, 3.05) is 31.7 Å². The lowest BCUT2D eigenvalue weighted by Gasteiger charge is -2.07. The Morgan fingerprint density at radius 2 is 2.32 bits per heavy atom. The number of nitrogens with one attached hydrogen (secondary N) is 3. The molecule has 0 bridgehead atoms. The molecule has 0 aliphatic heterocycles. The number of benzene rings is 1. The number of H-pyrrole nitrogens is 1. The summed E-state index contributed by atoms with van der Waals surface area (Å²) in [6, 6.07) is 5.12. The predicted molar refractivity (Wildman–Crippen MR) is 71.0 cm³/mol. The van der Waals surface area contributed by atoms with Gasteiger partial charge in [0.1, 0.15) is 0 Å². The molecule has 2 aromatic rings. The molecule has 0 unspecified atom stereocenters. The van der Waals surface area contributed by atoms with Gasteiger partial charge in [-0.25, -0.2) is 9.78 Å². The number of hydrogen-bond donors (Lipinski definition) is 4. The number of amides is 2. The van der Waals surface area contributed by atoms with E-state index in [-0.39, 0.29) is 19.2 Å². The monoisotopic (exact) mass is 264 g/mol. The van der Waals surface area contributed by atoms with Gasteiger partial charge in [0.2, 0.25) is 0 Å². The SMILES string of the molecule is O=C(NCCOCCO)Nc1ccc2nc[nH]c2c1. The molecule has 2 amide bonds. The molecule has 0 saturated carbocycles. The van der Waals surface area contributed by atoms with Crippen LogP contribution in [0.2, 0.25) is 0 Å². The Morgan fingerprint density at radius 3 is 3.16 bits per heavy atom. The average Bonchev–Trinajstić information content (AvgIpc) is 2.86. The fourth-order valence-corrected chi connectivity index (χ4v) is 1.59. The Kier molecular flexibility index (Phi) is 4.71. The number of carbonyl (C=O) groups excluding carboxylic acids is 1. The molecule has 0 spiro atoms. The molecular weight excluding hydrogens is 248 g/mol. The van der Waals surface area contributed by atoms with E-state index in [2.05, 4.69) is 20.6 Å². The van der Waals surface area contributed by atoms with Crippen LogP contribution in [-0.4, -0.2) is 47.5 Å². The molecule has 2 rings (SSSR count). The molecule has 7 heteroatoms. The zero-order valence-electron chi connectivity index (χ0n) is 10.3. The van der Waals surface area contributed by atoms with Crippen molar-refractivity contribution in [1.29, 1.82) is 0 Å². The average molecular weight is 264 g/mol. The molecule has 0 aliphatic rings. The summed E-state index contributed by atoms with van der Waals surface area (Å²) in [5.74, 6) is 0. The van der Waals surface area contributed by atoms with E-state index in [1.165, 1.54) is 0 Å². The third kappa shape index (κ3) is 3.94. The smallest absolute Gasteiger partial charge is 0.319 e. The van der Waals surface area contributed by atoms with Crippen molar-refractivity contribution < 1.29 is 14.6 Å². The van der Waals surface area contributed by atoms with Gasteiger partial charge >= 0.3 is 6.03 Å². The van der Waals surface area contributed by atoms with E-state index in [0.29, 0.717) is 18.8 Å². The van der Waals surface area contributed by atoms with Crippen molar-refractivity contribution in [2.24, 2.45) is 0 Å². The first-order valence-corrected chi connectivity index (χ1v) is 5.96. The van der Waals surface area contributed by atoms with Gasteiger partial charge in [0.25, 0.3) is 0 Å². The van der Waals surface area contributed by atoms with Gasteiger partial charge in [-0.05, 0) is 18.2 Å². The maximum atomic E-state index is 11.6. The standard InChI is InChI=1S/C12H16N4O3/c17-4-6-19-5-3-13-12(18)16-9-1-2-10-11(7-9)15-8-14-10/h1-2,7-8,17H,3-6H2,(H,14,15)(H2,13,16,18). The van der Waals surface area contributed by atoms with Crippen LogP contribution in [0.3, 0.4) is 0 Å². The fourth-order valence-electron chi connectivity index (χ4n) is 1.59. The molecule has 1 heterocycles. The highest BCUT2D eigenvalue weighted by atomic mass is 16.5. The lowest BCUT2D eigenvalue weighted by atomic mass is 10.3. The Balaban J connectivity index is 1.78. The quantitative estimate of drug-likeness (QED) is 0.577. The van der Waals surface area contributed by atoms with Crippen molar-refractivity contribution in [3.8, 4) is 0 Å². The number of fused-ring (bicyclic) bond motifs is 1. The molecule has 0 fully saturated rings. The van der Waals surface area contributed by atoms with Crippen LogP contribution in [0.4, 0.5) is 10.5 Å². The number of carbonyl (C=O) groups is 1. The van der Waals surface area contributed by atoms with Crippen LogP contribution in [0.5, 0.6) is 0 Å². The molecule has 0 atom stereocenters. The van der Waals surface area contributed by atoms with Crippen LogP contribution >= 0.6 is 0 Å². The first-order valence-electron chi connectivity index (χ1n) is 5.96. The Hall–Kier alpha value is -2.12. The molecule has 0 saturated heterocycles. The number of imidazole rings is 1. The summed E-state index contributed by atoms with van der Waals surface area (Å²) < 4.78 is 5.02. The lowest BCUT2D eigenvalue weighted by Crippen LogP contribution is -2.31. The minimum atomic E-state index is -0.300. The minimum absolute atomic E-state index is 0.0175. The van der Waals surface area contributed by atoms with E-state index in [9.17, 15) is 4.79 Å². The minimum Gasteiger partial charge on any atom is -0.394 e. The maximum absolute atomic E-state index is 11.6. The van der Waals surface area contributed by atoms with Gasteiger partial charge in [0.05, 0.1) is 37.2 Å². The van der Waals surface area contributed by atoms with Crippen molar-refractivity contribution in [2.45, 2.75) is 0 Å². The first kappa shape index (κ1) is 13.3. The summed E-state index contributed by atoms with van der Waals surface area (Å²) in [6.45, 7) is 1.02. The second-order valence-electron chi connectivity index (χ2n) is 3.85. The number of ether oxygens (including phenoxy) is 1. The molecule has 1 aromatic heterocycles. The fraction of sp³-hybridized carbons (Fsp3) is 0.333. The molecule has 102 valence electrons. The Labute approximate surface area is 110 Å². The number of aliphatic hydroxyl groups is 1. The highest BCUT2D eigenvalue weighted by Gasteiger charge is 2.02. The summed E-state index contributed by atoms with van der Waals surface area (Å²) in [7, 11) is 0. The summed E-state index contributed by atoms with van der Waals surface area (Å²) >= 11 is 0. The van der Waals surface area contributed by atoms with Gasteiger partial charge in [-0.1, -0.05) is 0 Å². The summed E-state index contributed by atoms with van der Waals surface area (Å²) in [5.41, 5.74) is 2.40. The molecule has 0 aliphatic carbocycles. The van der Waals surface area contributed by atoms with E-state index >= 15 is 0 Å². The van der Waals surface area contributed by atoms with Crippen molar-refractivity contribution in [3.05, 3.63) is 24.5 Å². The van der Waals surface area contributed by atoms with Crippen LogP contribution in [0.25, 0.3) is 11.0 Å². The van der Waals surface area contributed by atoms with E-state index < -0.39 is 0 Å². The number of anilines is 1. The van der Waals surface area contributed by atoms with Crippen LogP contribution in [-0.2, 0) is 4.74 Å². The van der Waals surface area contributed by atoms with Gasteiger partial charge in [0.15, 0.2) is 0 Å². The second-order valence-corrected chi connectivity index (χ2v) is 3.85. The largest absolute Gasteiger partial charge is 0.394 e. The van der Waals surface area contributed by atoms with E-state index in [1.54, 1.807) is 12.4 Å². The van der Waals surface area contributed by atoms with Gasteiger partial charge in [-0.2, -0.15) is 0 Å². The number of rotatable bonds is 6. The highest BCUT2D eigenvalue weighted by molar-refractivity contribution is 5.91. The molecule has 0 radical (unpaired) electrons. The van der Waals surface area contributed by atoms with Crippen LogP contribution in [0.1, 0.15) is 0 Å². The Morgan fingerprint density at radius 1 is 1.42 bits per heavy atom. The zero-order chi connectivity index (χ0) is 13.5. The number of aromatic amines is 1. The molecule has 4 N–H and O–H groups in total. The zero-order valence-corrected chi connectivity index (χ0v) is 10.3. The van der Waals surface area contributed by atoms with E-state index in [4.69, 9.17) is 9.84 Å².